The Bertz CT molecular complexity index is 710. The number of hydrogen-bond acceptors (Lipinski definition) is 5. The minimum absolute atomic E-state index is 0.242. The van der Waals surface area contributed by atoms with Gasteiger partial charge in [-0.15, -0.1) is 0 Å². The Hall–Kier alpha value is -2.50. The number of rotatable bonds is 3. The molecular weight excluding hydrogens is 292 g/mol. The summed E-state index contributed by atoms with van der Waals surface area (Å²) in [6.07, 6.45) is 4.77. The van der Waals surface area contributed by atoms with Gasteiger partial charge in [-0.05, 0) is 38.8 Å². The first kappa shape index (κ1) is 15.4. The van der Waals surface area contributed by atoms with E-state index in [1.807, 2.05) is 26.0 Å². The second kappa shape index (κ2) is 6.32. The van der Waals surface area contributed by atoms with Crippen LogP contribution in [0.4, 0.5) is 5.82 Å². The van der Waals surface area contributed by atoms with Crippen LogP contribution in [0.1, 0.15) is 24.1 Å². The molecule has 1 saturated heterocycles. The van der Waals surface area contributed by atoms with Crippen LogP contribution in [0.15, 0.2) is 24.5 Å². The monoisotopic (exact) mass is 312 g/mol. The predicted octanol–water partition coefficient (Wildman–Crippen LogP) is 2.46. The highest BCUT2D eigenvalue weighted by atomic mass is 16.4. The highest BCUT2D eigenvalue weighted by Gasteiger charge is 2.26. The predicted molar refractivity (Wildman–Crippen MR) is 87.3 cm³/mol. The molecule has 0 aliphatic carbocycles. The molecule has 1 N–H and O–H groups in total. The van der Waals surface area contributed by atoms with Crippen molar-refractivity contribution < 1.29 is 9.90 Å². The molecule has 3 rings (SSSR count). The third-order valence-corrected chi connectivity index (χ3v) is 4.45. The summed E-state index contributed by atoms with van der Waals surface area (Å²) in [5.74, 6) is 0.658. The maximum Gasteiger partial charge on any atom is 0.306 e. The molecule has 1 aliphatic heterocycles. The summed E-state index contributed by atoms with van der Waals surface area (Å²) in [6.45, 7) is 5.42. The number of carboxylic acid groups (broad SMARTS) is 1. The van der Waals surface area contributed by atoms with Gasteiger partial charge in [0.15, 0.2) is 5.82 Å². The fourth-order valence-electron chi connectivity index (χ4n) is 2.89. The van der Waals surface area contributed by atoms with E-state index in [0.717, 1.165) is 22.6 Å². The molecule has 2 aromatic rings. The molecule has 0 unspecified atom stereocenters. The van der Waals surface area contributed by atoms with E-state index in [9.17, 15) is 4.79 Å². The Labute approximate surface area is 135 Å². The van der Waals surface area contributed by atoms with Crippen LogP contribution < -0.4 is 4.90 Å². The van der Waals surface area contributed by atoms with Gasteiger partial charge in [0.2, 0.25) is 0 Å². The average molecular weight is 312 g/mol. The lowest BCUT2D eigenvalue weighted by molar-refractivity contribution is -0.142. The number of aromatic nitrogens is 3. The van der Waals surface area contributed by atoms with Gasteiger partial charge in [-0.3, -0.25) is 9.78 Å². The number of piperidine rings is 1. The maximum absolute atomic E-state index is 11.1. The van der Waals surface area contributed by atoms with Crippen molar-refractivity contribution >= 4 is 11.8 Å². The molecule has 3 heterocycles. The molecule has 1 aliphatic rings. The minimum Gasteiger partial charge on any atom is -0.481 e. The van der Waals surface area contributed by atoms with Gasteiger partial charge in [0.25, 0.3) is 0 Å². The number of aryl methyl sites for hydroxylation is 1. The Morgan fingerprint density at radius 3 is 2.43 bits per heavy atom. The average Bonchev–Trinajstić information content (AvgIpc) is 2.58. The number of carboxylic acids is 1. The third kappa shape index (κ3) is 3.16. The standard InChI is InChI=1S/C17H20N4O2/c1-11-12(2)19-15(13-3-7-18-8-4-13)20-16(11)21-9-5-14(6-10-21)17(22)23/h3-4,7-8,14H,5-6,9-10H2,1-2H3,(H,22,23). The number of carbonyl (C=O) groups is 1. The highest BCUT2D eigenvalue weighted by molar-refractivity contribution is 5.70. The number of nitrogens with zero attached hydrogens (tertiary/aromatic N) is 4. The van der Waals surface area contributed by atoms with Crippen LogP contribution in [0.3, 0.4) is 0 Å². The molecule has 120 valence electrons. The summed E-state index contributed by atoms with van der Waals surface area (Å²) >= 11 is 0. The number of pyridine rings is 1. The van der Waals surface area contributed by atoms with Crippen LogP contribution >= 0.6 is 0 Å². The molecule has 0 saturated carbocycles. The minimum atomic E-state index is -0.697. The quantitative estimate of drug-likeness (QED) is 0.938. The molecule has 6 nitrogen and oxygen atoms in total. The van der Waals surface area contributed by atoms with E-state index >= 15 is 0 Å². The first-order chi connectivity index (χ1) is 11.1. The van der Waals surface area contributed by atoms with E-state index in [1.54, 1.807) is 12.4 Å². The van der Waals surface area contributed by atoms with Crippen molar-refractivity contribution in [1.29, 1.82) is 0 Å². The second-order valence-electron chi connectivity index (χ2n) is 5.92. The molecule has 6 heteroatoms. The van der Waals surface area contributed by atoms with E-state index < -0.39 is 5.97 Å². The third-order valence-electron chi connectivity index (χ3n) is 4.45. The van der Waals surface area contributed by atoms with Crippen molar-refractivity contribution in [2.75, 3.05) is 18.0 Å². The summed E-state index contributed by atoms with van der Waals surface area (Å²) in [5, 5.41) is 9.14. The maximum atomic E-state index is 11.1. The van der Waals surface area contributed by atoms with Crippen LogP contribution in [0.25, 0.3) is 11.4 Å². The van der Waals surface area contributed by atoms with Crippen molar-refractivity contribution in [2.24, 2.45) is 5.92 Å². The summed E-state index contributed by atoms with van der Waals surface area (Å²) in [6, 6.07) is 3.79. The number of anilines is 1. The van der Waals surface area contributed by atoms with Crippen molar-refractivity contribution in [1.82, 2.24) is 15.0 Å². The van der Waals surface area contributed by atoms with Crippen molar-refractivity contribution in [3.05, 3.63) is 35.8 Å². The zero-order valence-corrected chi connectivity index (χ0v) is 13.4. The van der Waals surface area contributed by atoms with Gasteiger partial charge in [0, 0.05) is 42.3 Å². The lowest BCUT2D eigenvalue weighted by atomic mass is 9.97. The summed E-state index contributed by atoms with van der Waals surface area (Å²) < 4.78 is 0. The normalized spacial score (nSPS) is 15.7. The first-order valence-corrected chi connectivity index (χ1v) is 7.79. The van der Waals surface area contributed by atoms with E-state index in [2.05, 4.69) is 14.9 Å². The topological polar surface area (TPSA) is 79.2 Å². The molecule has 0 aromatic carbocycles. The fourth-order valence-corrected chi connectivity index (χ4v) is 2.89. The highest BCUT2D eigenvalue weighted by Crippen LogP contribution is 2.28. The van der Waals surface area contributed by atoms with Crippen molar-refractivity contribution in [3.8, 4) is 11.4 Å². The van der Waals surface area contributed by atoms with Gasteiger partial charge in [0.1, 0.15) is 5.82 Å². The number of hydrogen-bond donors (Lipinski definition) is 1. The Kier molecular flexibility index (Phi) is 4.23. The molecule has 0 atom stereocenters. The van der Waals surface area contributed by atoms with Crippen molar-refractivity contribution in [2.45, 2.75) is 26.7 Å². The van der Waals surface area contributed by atoms with Crippen LogP contribution in [0.5, 0.6) is 0 Å². The number of aliphatic carboxylic acids is 1. The molecule has 0 bridgehead atoms. The zero-order chi connectivity index (χ0) is 16.4. The summed E-state index contributed by atoms with van der Waals surface area (Å²) in [4.78, 5) is 26.6. The molecule has 0 spiro atoms. The van der Waals surface area contributed by atoms with Crippen LogP contribution in [-0.2, 0) is 4.79 Å². The fraction of sp³-hybridized carbons (Fsp3) is 0.412. The van der Waals surface area contributed by atoms with Gasteiger partial charge in [-0.25, -0.2) is 9.97 Å². The van der Waals surface area contributed by atoms with Gasteiger partial charge in [-0.2, -0.15) is 0 Å². The van der Waals surface area contributed by atoms with Gasteiger partial charge in [0.05, 0.1) is 5.92 Å². The smallest absolute Gasteiger partial charge is 0.306 e. The molecule has 2 aromatic heterocycles. The van der Waals surface area contributed by atoms with Crippen molar-refractivity contribution in [3.63, 3.8) is 0 Å². The Morgan fingerprint density at radius 2 is 1.83 bits per heavy atom. The van der Waals surface area contributed by atoms with Gasteiger partial charge < -0.3 is 10.0 Å². The van der Waals surface area contributed by atoms with E-state index in [-0.39, 0.29) is 5.92 Å². The first-order valence-electron chi connectivity index (χ1n) is 7.79. The molecule has 0 amide bonds. The largest absolute Gasteiger partial charge is 0.481 e. The van der Waals surface area contributed by atoms with Gasteiger partial charge >= 0.3 is 5.97 Å². The zero-order valence-electron chi connectivity index (χ0n) is 13.4. The summed E-state index contributed by atoms with van der Waals surface area (Å²) in [5.41, 5.74) is 2.93. The van der Waals surface area contributed by atoms with E-state index in [4.69, 9.17) is 10.1 Å². The van der Waals surface area contributed by atoms with Crippen LogP contribution in [0.2, 0.25) is 0 Å². The molecule has 23 heavy (non-hydrogen) atoms. The SMILES string of the molecule is Cc1nc(-c2ccncc2)nc(N2CCC(C(=O)O)CC2)c1C. The lowest BCUT2D eigenvalue weighted by Gasteiger charge is -2.32. The lowest BCUT2D eigenvalue weighted by Crippen LogP contribution is -2.37. The Morgan fingerprint density at radius 1 is 1.17 bits per heavy atom. The van der Waals surface area contributed by atoms with Crippen LogP contribution in [-0.4, -0.2) is 39.1 Å². The Balaban J connectivity index is 1.91. The second-order valence-corrected chi connectivity index (χ2v) is 5.92. The van der Waals surface area contributed by atoms with Crippen LogP contribution in [0, 0.1) is 19.8 Å². The van der Waals surface area contributed by atoms with Gasteiger partial charge in [-0.1, -0.05) is 0 Å². The van der Waals surface area contributed by atoms with E-state index in [1.165, 1.54) is 0 Å². The molecule has 0 radical (unpaired) electrons. The van der Waals surface area contributed by atoms with E-state index in [0.29, 0.717) is 31.8 Å². The summed E-state index contributed by atoms with van der Waals surface area (Å²) in [7, 11) is 0. The molecule has 1 fully saturated rings. The molecular formula is C17H20N4O2.